The molecule has 2 aromatic rings. The minimum absolute atomic E-state index is 0.0341. The number of aliphatic hydroxyl groups is 2. The number of aliphatic hydroxyl groups excluding tert-OH is 2. The Morgan fingerprint density at radius 3 is 2.04 bits per heavy atom. The summed E-state index contributed by atoms with van der Waals surface area (Å²) in [5.41, 5.74) is 4.29. The number of nitrogen functional groups attached to an aromatic ring is 1. The van der Waals surface area contributed by atoms with Gasteiger partial charge in [-0.25, -0.2) is 28.6 Å². The number of thioether (sulfide) groups is 1. The van der Waals surface area contributed by atoms with Gasteiger partial charge in [0.15, 0.2) is 22.8 Å². The number of nitrogens with one attached hydrogen (secondary N) is 2. The van der Waals surface area contributed by atoms with Gasteiger partial charge in [-0.3, -0.25) is 32.5 Å². The Morgan fingerprint density at radius 1 is 0.845 bits per heavy atom. The van der Waals surface area contributed by atoms with Gasteiger partial charge in [-0.05, 0) is 12.3 Å². The fourth-order valence-corrected chi connectivity index (χ4v) is 11.3. The molecule has 1 saturated heterocycles. The summed E-state index contributed by atoms with van der Waals surface area (Å²) >= 11 is 1.16. The maximum Gasteiger partial charge on any atom is 0.481 e. The number of nitrogens with two attached hydrogens (primary N) is 1. The number of fused-ring (bicyclic) bond motifs is 1. The van der Waals surface area contributed by atoms with Crippen molar-refractivity contribution in [2.45, 2.75) is 180 Å². The third kappa shape index (κ3) is 24.2. The Labute approximate surface area is 420 Å². The number of unbranched alkanes of at least 4 members (excludes halogenated alkanes) is 14. The molecule has 0 aromatic carbocycles. The van der Waals surface area contributed by atoms with Crippen molar-refractivity contribution in [1.82, 2.24) is 30.2 Å². The Bertz CT molecular complexity index is 2080. The number of ether oxygens (including phenoxy) is 1. The number of hydrogen-bond donors (Lipinski definition) is 9. The number of aromatic nitrogens is 4. The zero-order valence-corrected chi connectivity index (χ0v) is 44.9. The number of nitrogens with zero attached hydrogens (tertiary/aromatic N) is 4. The molecule has 2 amide bonds. The highest BCUT2D eigenvalue weighted by Gasteiger charge is 2.50. The monoisotopic (exact) mass is 1090 g/mol. The molecule has 10 N–H and O–H groups in total. The number of hydrogen-bond acceptors (Lipinski definition) is 18. The second kappa shape index (κ2) is 31.4. The molecular weight excluding hydrogens is 1010 g/mol. The van der Waals surface area contributed by atoms with Crippen LogP contribution in [-0.4, -0.2) is 123 Å². The number of anilines is 1. The zero-order valence-electron chi connectivity index (χ0n) is 41.4. The smallest absolute Gasteiger partial charge is 0.386 e. The summed E-state index contributed by atoms with van der Waals surface area (Å²) in [5.74, 6) is -0.553. The van der Waals surface area contributed by atoms with E-state index in [2.05, 4.69) is 48.3 Å². The molecule has 1 aliphatic rings. The third-order valence-corrected chi connectivity index (χ3v) is 15.9. The van der Waals surface area contributed by atoms with Crippen molar-refractivity contribution in [2.24, 2.45) is 11.3 Å². The van der Waals surface area contributed by atoms with Crippen molar-refractivity contribution >= 4 is 69.1 Å². The van der Waals surface area contributed by atoms with Crippen LogP contribution in [-0.2, 0) is 50.7 Å². The highest BCUT2D eigenvalue weighted by Crippen LogP contribution is 2.61. The highest BCUT2D eigenvalue weighted by molar-refractivity contribution is 8.13. The summed E-state index contributed by atoms with van der Waals surface area (Å²) in [4.78, 5) is 88.7. The van der Waals surface area contributed by atoms with Crippen LogP contribution in [0.2, 0.25) is 0 Å². The molecule has 3 rings (SSSR count). The van der Waals surface area contributed by atoms with Crippen molar-refractivity contribution in [1.29, 1.82) is 0 Å². The maximum absolute atomic E-state index is 12.8. The minimum atomic E-state index is -5.58. The first-order chi connectivity index (χ1) is 33.4. The molecule has 8 atom stereocenters. The van der Waals surface area contributed by atoms with Crippen molar-refractivity contribution in [3.63, 3.8) is 0 Å². The largest absolute Gasteiger partial charge is 0.481 e. The predicted octanol–water partition coefficient (Wildman–Crippen LogP) is 6.34. The first kappa shape index (κ1) is 62.9. The molecule has 0 bridgehead atoms. The number of phosphoric acid groups is 3. The van der Waals surface area contributed by atoms with Gasteiger partial charge in [0.2, 0.25) is 11.8 Å². The van der Waals surface area contributed by atoms with Crippen LogP contribution in [0.3, 0.4) is 0 Å². The van der Waals surface area contributed by atoms with Crippen LogP contribution in [0.4, 0.5) is 5.82 Å². The summed E-state index contributed by atoms with van der Waals surface area (Å²) in [6.07, 6.45) is 15.5. The fourth-order valence-electron chi connectivity index (χ4n) is 7.74. The summed E-state index contributed by atoms with van der Waals surface area (Å²) in [5, 5.41) is 26.7. The van der Waals surface area contributed by atoms with Gasteiger partial charge >= 0.3 is 23.5 Å². The maximum atomic E-state index is 12.8. The second-order valence-electron chi connectivity index (χ2n) is 18.7. The zero-order chi connectivity index (χ0) is 52.7. The van der Waals surface area contributed by atoms with Crippen LogP contribution in [0.5, 0.6) is 0 Å². The average Bonchev–Trinajstić information content (AvgIpc) is 3.86. The van der Waals surface area contributed by atoms with Crippen LogP contribution >= 0.6 is 35.2 Å². The van der Waals surface area contributed by atoms with Crippen LogP contribution in [0.1, 0.15) is 156 Å². The molecule has 0 spiro atoms. The normalized spacial score (nSPS) is 20.1. The Balaban J connectivity index is 1.27. The van der Waals surface area contributed by atoms with E-state index in [9.17, 15) is 57.9 Å². The van der Waals surface area contributed by atoms with Crippen LogP contribution in [0, 0.1) is 11.3 Å². The molecule has 408 valence electrons. The highest BCUT2D eigenvalue weighted by atomic mass is 32.2. The molecular formula is C43H78N7O17P3S. The Morgan fingerprint density at radius 2 is 1.44 bits per heavy atom. The number of amides is 2. The minimum Gasteiger partial charge on any atom is -0.386 e. The lowest BCUT2D eigenvalue weighted by molar-refractivity contribution is -0.137. The summed E-state index contributed by atoms with van der Waals surface area (Å²) in [6.45, 7) is 5.02. The molecule has 0 radical (unpaired) electrons. The molecule has 8 unspecified atom stereocenters. The topological polar surface area (TPSA) is 364 Å². The van der Waals surface area contributed by atoms with Gasteiger partial charge < -0.3 is 50.9 Å². The van der Waals surface area contributed by atoms with Crippen molar-refractivity contribution in [2.75, 3.05) is 37.8 Å². The quantitative estimate of drug-likeness (QED) is 0.0261. The Hall–Kier alpha value is -2.44. The SMILES string of the molecule is CCCCCCCCCCCCCCCCCC(C)CCC(=O)SCCNC(=O)CCNC(=O)C(O)C(C)(C)COP(=O)(O)OP(=O)(O)OCC1OC(n2cnc3c(N)ncnc32)C(O)C1OP(=O)(O)O. The second-order valence-corrected chi connectivity index (χ2v) is 24.1. The first-order valence-electron chi connectivity index (χ1n) is 24.5. The lowest BCUT2D eigenvalue weighted by Gasteiger charge is -2.30. The molecule has 24 nitrogen and oxygen atoms in total. The first-order valence-corrected chi connectivity index (χ1v) is 30.0. The van der Waals surface area contributed by atoms with Crippen molar-refractivity contribution in [3.8, 4) is 0 Å². The van der Waals surface area contributed by atoms with E-state index in [4.69, 9.17) is 19.5 Å². The summed E-state index contributed by atoms with van der Waals surface area (Å²) in [7, 11) is -16.4. The van der Waals surface area contributed by atoms with Gasteiger partial charge in [-0.2, -0.15) is 4.31 Å². The molecule has 2 aromatic heterocycles. The van der Waals surface area contributed by atoms with Crippen LogP contribution in [0.25, 0.3) is 11.2 Å². The van der Waals surface area contributed by atoms with Gasteiger partial charge in [0.1, 0.15) is 36.3 Å². The van der Waals surface area contributed by atoms with Crippen molar-refractivity contribution in [3.05, 3.63) is 12.7 Å². The summed E-state index contributed by atoms with van der Waals surface area (Å²) in [6, 6.07) is 0. The van der Waals surface area contributed by atoms with Gasteiger partial charge in [0.05, 0.1) is 19.5 Å². The van der Waals surface area contributed by atoms with Gasteiger partial charge in [-0.1, -0.05) is 142 Å². The summed E-state index contributed by atoms with van der Waals surface area (Å²) < 4.78 is 62.5. The molecule has 1 aliphatic heterocycles. The standard InChI is InChI=1S/C43H78N7O17P3S/c1-5-6-7-8-9-10-11-12-13-14-15-16-17-18-19-20-31(2)21-22-34(52)71-26-25-45-33(51)23-24-46-41(55)38(54)43(3,4)28-64-70(61,62)67-69(59,60)63-27-32-37(66-68(56,57)58)36(53)42(65-32)50-30-49-35-39(44)47-29-48-40(35)50/h29-32,36-38,42,53-54H,5-28H2,1-4H3,(H,45,51)(H,46,55)(H,59,60)(H,61,62)(H2,44,47,48)(H2,56,57,58). The average molecular weight is 1090 g/mol. The predicted molar refractivity (Wildman–Crippen MR) is 265 cm³/mol. The molecule has 3 heterocycles. The van der Waals surface area contributed by atoms with Crippen molar-refractivity contribution < 1.29 is 80.5 Å². The molecule has 1 fully saturated rings. The third-order valence-electron chi connectivity index (χ3n) is 11.9. The van der Waals surface area contributed by atoms with E-state index in [0.717, 1.165) is 41.8 Å². The molecule has 71 heavy (non-hydrogen) atoms. The molecule has 0 aliphatic carbocycles. The van der Waals surface area contributed by atoms with E-state index < -0.39 is 84.6 Å². The molecule has 28 heteroatoms. The lowest BCUT2D eigenvalue weighted by Crippen LogP contribution is -2.46. The van der Waals surface area contributed by atoms with E-state index in [1.807, 2.05) is 0 Å². The number of rotatable bonds is 38. The Kier molecular flexibility index (Phi) is 27.8. The number of phosphoric ester groups is 3. The lowest BCUT2D eigenvalue weighted by atomic mass is 9.87. The van der Waals surface area contributed by atoms with Crippen LogP contribution < -0.4 is 16.4 Å². The number of imidazole rings is 1. The van der Waals surface area contributed by atoms with Gasteiger partial charge in [0.25, 0.3) is 0 Å². The van der Waals surface area contributed by atoms with E-state index in [0.29, 0.717) is 18.1 Å². The van der Waals surface area contributed by atoms with E-state index in [1.165, 1.54) is 110 Å². The van der Waals surface area contributed by atoms with Gasteiger partial charge in [-0.15, -0.1) is 0 Å². The van der Waals surface area contributed by atoms with Gasteiger partial charge in [0, 0.05) is 37.1 Å². The van der Waals surface area contributed by atoms with E-state index in [-0.39, 0.29) is 41.6 Å². The van der Waals surface area contributed by atoms with Crippen LogP contribution in [0.15, 0.2) is 12.7 Å². The number of carbonyl (C=O) groups excluding carboxylic acids is 3. The molecule has 0 saturated carbocycles. The number of carbonyl (C=O) groups is 3. The fraction of sp³-hybridized carbons (Fsp3) is 0.814. The van der Waals surface area contributed by atoms with E-state index in [1.54, 1.807) is 0 Å². The van der Waals surface area contributed by atoms with E-state index >= 15 is 0 Å².